The second-order valence-corrected chi connectivity index (χ2v) is 4.86. The van der Waals surface area contributed by atoms with Crippen LogP contribution in [0, 0.1) is 0 Å². The number of ether oxygens (including phenoxy) is 1. The third kappa shape index (κ3) is 3.72. The van der Waals surface area contributed by atoms with Crippen LogP contribution in [0.5, 0.6) is 0 Å². The molecule has 1 aromatic carbocycles. The number of rotatable bonds is 3. The van der Waals surface area contributed by atoms with Gasteiger partial charge < -0.3 is 10.1 Å². The number of carbonyl (C=O) groups is 2. The zero-order chi connectivity index (χ0) is 13.8. The molecule has 100 valence electrons. The van der Waals surface area contributed by atoms with Gasteiger partial charge in [0.1, 0.15) is 6.04 Å². The molecule has 1 heterocycles. The van der Waals surface area contributed by atoms with Crippen LogP contribution < -0.4 is 5.32 Å². The molecule has 1 atom stereocenters. The molecule has 1 saturated heterocycles. The van der Waals surface area contributed by atoms with Crippen molar-refractivity contribution >= 4 is 41.2 Å². The normalized spacial score (nSPS) is 18.6. The monoisotopic (exact) mass is 299 g/mol. The summed E-state index contributed by atoms with van der Waals surface area (Å²) >= 11 is 11.7. The van der Waals surface area contributed by atoms with Crippen molar-refractivity contribution in [1.29, 1.82) is 0 Å². The number of carbonyl (C=O) groups excluding carboxylic acids is 2. The van der Waals surface area contributed by atoms with Gasteiger partial charge in [-0.15, -0.1) is 0 Å². The average Bonchev–Trinajstić information content (AvgIpc) is 2.74. The molecule has 1 N–H and O–H groups in total. The van der Waals surface area contributed by atoms with E-state index in [1.807, 2.05) is 0 Å². The highest BCUT2D eigenvalue weighted by Crippen LogP contribution is 2.21. The van der Waals surface area contributed by atoms with Gasteiger partial charge in [-0.05, 0) is 23.8 Å². The molecule has 0 radical (unpaired) electrons. The van der Waals surface area contributed by atoms with Gasteiger partial charge in [0.15, 0.2) is 0 Å². The van der Waals surface area contributed by atoms with Gasteiger partial charge in [0.25, 0.3) is 0 Å². The first-order chi connectivity index (χ1) is 9.06. The van der Waals surface area contributed by atoms with Crippen molar-refractivity contribution in [1.82, 2.24) is 5.32 Å². The quantitative estimate of drug-likeness (QED) is 0.689. The Morgan fingerprint density at radius 2 is 2.21 bits per heavy atom. The van der Waals surface area contributed by atoms with Crippen molar-refractivity contribution in [2.45, 2.75) is 12.5 Å². The summed E-state index contributed by atoms with van der Waals surface area (Å²) in [5.74, 6) is -0.763. The second kappa shape index (κ2) is 6.08. The maximum Gasteiger partial charge on any atom is 0.328 e. The van der Waals surface area contributed by atoms with E-state index in [4.69, 9.17) is 27.9 Å². The van der Waals surface area contributed by atoms with Crippen molar-refractivity contribution < 1.29 is 14.3 Å². The van der Waals surface area contributed by atoms with Crippen LogP contribution in [-0.4, -0.2) is 24.5 Å². The first-order valence-corrected chi connectivity index (χ1v) is 6.42. The molecule has 0 saturated carbocycles. The SMILES string of the molecule is O=C(/C=C/c1ccc(Cl)cc1Cl)N[C@H]1CCOC1=O. The molecule has 0 unspecified atom stereocenters. The molecule has 0 aromatic heterocycles. The highest BCUT2D eigenvalue weighted by atomic mass is 35.5. The summed E-state index contributed by atoms with van der Waals surface area (Å²) in [5.41, 5.74) is 0.676. The van der Waals surface area contributed by atoms with Gasteiger partial charge in [-0.25, -0.2) is 4.79 Å². The largest absolute Gasteiger partial charge is 0.464 e. The number of halogens is 2. The van der Waals surface area contributed by atoms with Gasteiger partial charge in [-0.3, -0.25) is 4.79 Å². The molecule has 19 heavy (non-hydrogen) atoms. The molecule has 1 aliphatic heterocycles. The summed E-state index contributed by atoms with van der Waals surface area (Å²) in [7, 11) is 0. The third-order valence-electron chi connectivity index (χ3n) is 2.63. The maximum atomic E-state index is 11.6. The van der Waals surface area contributed by atoms with Crippen molar-refractivity contribution in [3.8, 4) is 0 Å². The zero-order valence-corrected chi connectivity index (χ0v) is 11.4. The molecule has 0 bridgehead atoms. The highest BCUT2D eigenvalue weighted by molar-refractivity contribution is 6.35. The number of hydrogen-bond donors (Lipinski definition) is 1. The smallest absolute Gasteiger partial charge is 0.328 e. The minimum absolute atomic E-state index is 0.344. The Labute approximate surface area is 120 Å². The van der Waals surface area contributed by atoms with E-state index in [0.29, 0.717) is 28.6 Å². The number of benzene rings is 1. The van der Waals surface area contributed by atoms with Crippen molar-refractivity contribution in [3.05, 3.63) is 39.9 Å². The molecule has 4 nitrogen and oxygen atoms in total. The number of nitrogens with one attached hydrogen (secondary N) is 1. The van der Waals surface area contributed by atoms with Gasteiger partial charge in [-0.1, -0.05) is 29.3 Å². The third-order valence-corrected chi connectivity index (χ3v) is 3.19. The van der Waals surface area contributed by atoms with Crippen molar-refractivity contribution in [3.63, 3.8) is 0 Å². The molecular weight excluding hydrogens is 289 g/mol. The number of esters is 1. The molecule has 1 aromatic rings. The lowest BCUT2D eigenvalue weighted by molar-refractivity contribution is -0.140. The van der Waals surface area contributed by atoms with E-state index in [1.165, 1.54) is 6.08 Å². The van der Waals surface area contributed by atoms with Gasteiger partial charge in [0, 0.05) is 22.5 Å². The van der Waals surface area contributed by atoms with E-state index in [9.17, 15) is 9.59 Å². The highest BCUT2D eigenvalue weighted by Gasteiger charge is 2.27. The minimum atomic E-state index is -0.558. The molecular formula is C13H11Cl2NO3. The number of cyclic esters (lactones) is 1. The van der Waals surface area contributed by atoms with Crippen LogP contribution in [-0.2, 0) is 14.3 Å². The lowest BCUT2D eigenvalue weighted by Crippen LogP contribution is -2.36. The van der Waals surface area contributed by atoms with Crippen molar-refractivity contribution in [2.24, 2.45) is 0 Å². The van der Waals surface area contributed by atoms with E-state index in [-0.39, 0.29) is 5.91 Å². The summed E-state index contributed by atoms with van der Waals surface area (Å²) in [6.07, 6.45) is 3.38. The van der Waals surface area contributed by atoms with Crippen LogP contribution in [0.1, 0.15) is 12.0 Å². The number of amides is 1. The predicted molar refractivity (Wildman–Crippen MR) is 73.0 cm³/mol. The molecule has 1 fully saturated rings. The molecule has 1 aliphatic rings. The summed E-state index contributed by atoms with van der Waals surface area (Å²) < 4.78 is 4.75. The summed E-state index contributed by atoms with van der Waals surface area (Å²) in [5, 5.41) is 3.54. The Kier molecular flexibility index (Phi) is 4.45. The summed E-state index contributed by atoms with van der Waals surface area (Å²) in [4.78, 5) is 22.8. The first-order valence-electron chi connectivity index (χ1n) is 5.66. The number of hydrogen-bond acceptors (Lipinski definition) is 3. The van der Waals surface area contributed by atoms with Gasteiger partial charge in [-0.2, -0.15) is 0 Å². The summed E-state index contributed by atoms with van der Waals surface area (Å²) in [6, 6.07) is 4.42. The fourth-order valence-corrected chi connectivity index (χ4v) is 2.12. The fourth-order valence-electron chi connectivity index (χ4n) is 1.65. The second-order valence-electron chi connectivity index (χ2n) is 4.02. The summed E-state index contributed by atoms with van der Waals surface area (Å²) in [6.45, 7) is 0.344. The zero-order valence-electron chi connectivity index (χ0n) is 9.86. The van der Waals surface area contributed by atoms with Crippen LogP contribution >= 0.6 is 23.2 Å². The Morgan fingerprint density at radius 1 is 1.42 bits per heavy atom. The van der Waals surface area contributed by atoms with Crippen LogP contribution in [0.2, 0.25) is 10.0 Å². The molecule has 0 aliphatic carbocycles. The Hall–Kier alpha value is -1.52. The molecule has 0 spiro atoms. The maximum absolute atomic E-state index is 11.6. The van der Waals surface area contributed by atoms with Crippen LogP contribution in [0.15, 0.2) is 24.3 Å². The van der Waals surface area contributed by atoms with Crippen LogP contribution in [0.4, 0.5) is 0 Å². The van der Waals surface area contributed by atoms with Gasteiger partial charge in [0.05, 0.1) is 6.61 Å². The Balaban J connectivity index is 1.98. The molecule has 2 rings (SSSR count). The first kappa shape index (κ1) is 13.9. The van der Waals surface area contributed by atoms with Crippen LogP contribution in [0.3, 0.4) is 0 Å². The topological polar surface area (TPSA) is 55.4 Å². The van der Waals surface area contributed by atoms with E-state index in [2.05, 4.69) is 5.32 Å². The van der Waals surface area contributed by atoms with E-state index < -0.39 is 12.0 Å². The van der Waals surface area contributed by atoms with Crippen LogP contribution in [0.25, 0.3) is 6.08 Å². The van der Waals surface area contributed by atoms with Gasteiger partial charge in [0.2, 0.25) is 5.91 Å². The van der Waals surface area contributed by atoms with E-state index in [1.54, 1.807) is 24.3 Å². The van der Waals surface area contributed by atoms with E-state index in [0.717, 1.165) is 0 Å². The Morgan fingerprint density at radius 3 is 2.84 bits per heavy atom. The molecule has 6 heteroatoms. The van der Waals surface area contributed by atoms with Gasteiger partial charge >= 0.3 is 5.97 Å². The Bertz CT molecular complexity index is 543. The lowest BCUT2D eigenvalue weighted by Gasteiger charge is -2.05. The fraction of sp³-hybridized carbons (Fsp3) is 0.231. The van der Waals surface area contributed by atoms with E-state index >= 15 is 0 Å². The molecule has 1 amide bonds. The van der Waals surface area contributed by atoms with Crippen molar-refractivity contribution in [2.75, 3.05) is 6.61 Å². The minimum Gasteiger partial charge on any atom is -0.464 e. The average molecular weight is 300 g/mol. The lowest BCUT2D eigenvalue weighted by atomic mass is 10.2. The standard InChI is InChI=1S/C13H11Cl2NO3/c14-9-3-1-8(10(15)7-9)2-4-12(17)16-11-5-6-19-13(11)18/h1-4,7,11H,5-6H2,(H,16,17)/b4-2+/t11-/m0/s1. The predicted octanol–water partition coefficient (Wildman–Crippen LogP) is 2.44.